The Morgan fingerprint density at radius 3 is 2.33 bits per heavy atom. The van der Waals surface area contributed by atoms with E-state index in [2.05, 4.69) is 5.32 Å². The largest absolute Gasteiger partial charge is 0.495 e. The number of unbranched alkanes of at least 4 members (excludes halogenated alkanes) is 1. The third-order valence-corrected chi connectivity index (χ3v) is 8.15. The fourth-order valence-corrected chi connectivity index (χ4v) is 5.46. The first-order valence-corrected chi connectivity index (χ1v) is 15.8. The van der Waals surface area contributed by atoms with Crippen LogP contribution in [0.25, 0.3) is 0 Å². The van der Waals surface area contributed by atoms with Crippen molar-refractivity contribution in [3.05, 3.63) is 99.6 Å². The van der Waals surface area contributed by atoms with Crippen molar-refractivity contribution < 1.29 is 27.7 Å². The number of nitro benzene ring substituents is 1. The maximum atomic E-state index is 14.2. The molecule has 0 heterocycles. The van der Waals surface area contributed by atoms with Crippen LogP contribution in [0, 0.1) is 17.0 Å². The average Bonchev–Trinajstić information content (AvgIpc) is 2.98. The molecule has 11 nitrogen and oxygen atoms in total. The Balaban J connectivity index is 2.12. The van der Waals surface area contributed by atoms with E-state index in [1.54, 1.807) is 0 Å². The van der Waals surface area contributed by atoms with Crippen molar-refractivity contribution in [1.82, 2.24) is 10.2 Å². The summed E-state index contributed by atoms with van der Waals surface area (Å²) in [5, 5.41) is 14.4. The molecular formula is C31H38N4O7S. The van der Waals surface area contributed by atoms with Crippen molar-refractivity contribution in [1.29, 1.82) is 0 Å². The topological polar surface area (TPSA) is 139 Å². The number of methoxy groups -OCH3 is 1. The first-order valence-electron chi connectivity index (χ1n) is 13.9. The molecule has 3 aromatic rings. The highest BCUT2D eigenvalue weighted by Gasteiger charge is 2.34. The number of carbonyl (C=O) groups excluding carboxylic acids is 2. The van der Waals surface area contributed by atoms with E-state index in [1.165, 1.54) is 24.1 Å². The lowest BCUT2D eigenvalue weighted by Gasteiger charge is -2.34. The zero-order valence-corrected chi connectivity index (χ0v) is 25.7. The van der Waals surface area contributed by atoms with Crippen LogP contribution in [0.15, 0.2) is 72.8 Å². The van der Waals surface area contributed by atoms with Crippen LogP contribution in [0.5, 0.6) is 5.75 Å². The number of rotatable bonds is 15. The molecule has 0 aromatic heterocycles. The molecule has 3 aromatic carbocycles. The summed E-state index contributed by atoms with van der Waals surface area (Å²) < 4.78 is 32.2. The van der Waals surface area contributed by atoms with Gasteiger partial charge in [0, 0.05) is 31.6 Å². The van der Waals surface area contributed by atoms with Gasteiger partial charge in [0.25, 0.3) is 5.69 Å². The minimum atomic E-state index is -4.14. The molecule has 0 saturated heterocycles. The van der Waals surface area contributed by atoms with Gasteiger partial charge in [0.1, 0.15) is 24.0 Å². The fourth-order valence-electron chi connectivity index (χ4n) is 4.61. The van der Waals surface area contributed by atoms with Crippen LogP contribution in [-0.4, -0.2) is 62.6 Å². The van der Waals surface area contributed by atoms with E-state index in [-0.39, 0.29) is 36.0 Å². The van der Waals surface area contributed by atoms with Gasteiger partial charge in [0.15, 0.2) is 0 Å². The number of amides is 2. The molecule has 3 rings (SSSR count). The zero-order chi connectivity index (χ0) is 31.6. The molecule has 0 radical (unpaired) electrons. The minimum Gasteiger partial charge on any atom is -0.495 e. The third-order valence-electron chi connectivity index (χ3n) is 7.02. The number of nitrogens with one attached hydrogen (secondary N) is 1. The van der Waals surface area contributed by atoms with Crippen LogP contribution >= 0.6 is 0 Å². The summed E-state index contributed by atoms with van der Waals surface area (Å²) in [7, 11) is -2.84. The van der Waals surface area contributed by atoms with Crippen LogP contribution in [0.2, 0.25) is 0 Å². The van der Waals surface area contributed by atoms with Gasteiger partial charge in [-0.25, -0.2) is 8.42 Å². The second-order valence-electron chi connectivity index (χ2n) is 10.2. The number of nitrogens with zero attached hydrogens (tertiary/aromatic N) is 3. The average molecular weight is 611 g/mol. The predicted octanol–water partition coefficient (Wildman–Crippen LogP) is 4.23. The van der Waals surface area contributed by atoms with Crippen molar-refractivity contribution in [2.24, 2.45) is 0 Å². The highest BCUT2D eigenvalue weighted by molar-refractivity contribution is 7.92. The Morgan fingerprint density at radius 1 is 1.05 bits per heavy atom. The summed E-state index contributed by atoms with van der Waals surface area (Å²) in [6.07, 6.45) is 2.71. The Labute approximate surface area is 252 Å². The first kappa shape index (κ1) is 33.1. The van der Waals surface area contributed by atoms with E-state index >= 15 is 0 Å². The number of carbonyl (C=O) groups is 2. The minimum absolute atomic E-state index is 0.0347. The lowest BCUT2D eigenvalue weighted by Crippen LogP contribution is -2.53. The van der Waals surface area contributed by atoms with Gasteiger partial charge in [-0.2, -0.15) is 0 Å². The van der Waals surface area contributed by atoms with Crippen molar-refractivity contribution >= 4 is 33.2 Å². The maximum absolute atomic E-state index is 14.2. The van der Waals surface area contributed by atoms with Crippen LogP contribution in [-0.2, 0) is 32.6 Å². The van der Waals surface area contributed by atoms with Gasteiger partial charge in [0.2, 0.25) is 21.8 Å². The molecule has 230 valence electrons. The number of benzene rings is 3. The van der Waals surface area contributed by atoms with E-state index < -0.39 is 33.4 Å². The number of nitro groups is 1. The van der Waals surface area contributed by atoms with E-state index in [1.807, 2.05) is 68.4 Å². The molecule has 0 aliphatic rings. The second-order valence-corrected chi connectivity index (χ2v) is 12.1. The molecule has 0 aliphatic heterocycles. The van der Waals surface area contributed by atoms with Gasteiger partial charge in [-0.1, -0.05) is 67.9 Å². The molecule has 0 aliphatic carbocycles. The van der Waals surface area contributed by atoms with Crippen LogP contribution in [0.3, 0.4) is 0 Å². The highest BCUT2D eigenvalue weighted by atomic mass is 32.2. The Bertz CT molecular complexity index is 1530. The van der Waals surface area contributed by atoms with Gasteiger partial charge in [-0.15, -0.1) is 0 Å². The SMILES string of the molecule is CCCCNC(=O)[C@@H](Cc1ccccc1)N(Cc1ccccc1C)C(=O)CN(c1cc([N+](=O)[O-])ccc1OC)S(C)(=O)=O. The molecule has 0 fully saturated rings. The van der Waals surface area contributed by atoms with Gasteiger partial charge in [-0.05, 0) is 36.1 Å². The molecule has 0 unspecified atom stereocenters. The molecule has 1 atom stereocenters. The van der Waals surface area contributed by atoms with E-state index in [9.17, 15) is 28.1 Å². The molecule has 12 heteroatoms. The molecule has 0 bridgehead atoms. The molecule has 1 N–H and O–H groups in total. The van der Waals surface area contributed by atoms with Crippen molar-refractivity contribution in [3.8, 4) is 5.75 Å². The van der Waals surface area contributed by atoms with E-state index in [0.717, 1.165) is 46.2 Å². The number of aryl methyl sites for hydroxylation is 1. The number of hydrogen-bond acceptors (Lipinski definition) is 7. The summed E-state index contributed by atoms with van der Waals surface area (Å²) in [6, 6.07) is 19.2. The maximum Gasteiger partial charge on any atom is 0.271 e. The normalized spacial score (nSPS) is 11.8. The quantitative estimate of drug-likeness (QED) is 0.154. The van der Waals surface area contributed by atoms with Gasteiger partial charge < -0.3 is 15.0 Å². The smallest absolute Gasteiger partial charge is 0.271 e. The first-order chi connectivity index (χ1) is 20.5. The predicted molar refractivity (Wildman–Crippen MR) is 165 cm³/mol. The lowest BCUT2D eigenvalue weighted by atomic mass is 10.0. The number of non-ortho nitro benzene ring substituents is 1. The summed E-state index contributed by atoms with van der Waals surface area (Å²) in [6.45, 7) is 3.64. The third kappa shape index (κ3) is 9.02. The molecule has 43 heavy (non-hydrogen) atoms. The van der Waals surface area contributed by atoms with Crippen molar-refractivity contribution in [3.63, 3.8) is 0 Å². The summed E-state index contributed by atoms with van der Waals surface area (Å²) in [5.41, 5.74) is 1.97. The fraction of sp³-hybridized carbons (Fsp3) is 0.355. The molecular weight excluding hydrogens is 572 g/mol. The molecule has 0 spiro atoms. The summed E-state index contributed by atoms with van der Waals surface area (Å²) >= 11 is 0. The van der Waals surface area contributed by atoms with Crippen LogP contribution in [0.1, 0.15) is 36.5 Å². The zero-order valence-electron chi connectivity index (χ0n) is 24.9. The summed E-state index contributed by atoms with van der Waals surface area (Å²) in [5.74, 6) is -0.987. The Morgan fingerprint density at radius 2 is 1.72 bits per heavy atom. The van der Waals surface area contributed by atoms with Gasteiger partial charge in [0.05, 0.1) is 18.3 Å². The standard InChI is InChI=1S/C31H38N4O7S/c1-5-6-18-32-31(37)28(19-24-13-8-7-9-14-24)33(21-25-15-11-10-12-23(25)2)30(36)22-34(43(4,40)41)27-20-26(35(38)39)16-17-29(27)42-3/h7-17,20,28H,5-6,18-19,21-22H2,1-4H3,(H,32,37)/t28-/m1/s1. The number of ether oxygens (including phenoxy) is 1. The lowest BCUT2D eigenvalue weighted by molar-refractivity contribution is -0.384. The van der Waals surface area contributed by atoms with Crippen LogP contribution in [0.4, 0.5) is 11.4 Å². The highest BCUT2D eigenvalue weighted by Crippen LogP contribution is 2.34. The van der Waals surface area contributed by atoms with Gasteiger partial charge in [-0.3, -0.25) is 24.0 Å². The monoisotopic (exact) mass is 610 g/mol. The molecule has 2 amide bonds. The van der Waals surface area contributed by atoms with Gasteiger partial charge >= 0.3 is 0 Å². The van der Waals surface area contributed by atoms with Crippen LogP contribution < -0.4 is 14.4 Å². The molecule has 0 saturated carbocycles. The van der Waals surface area contributed by atoms with Crippen molar-refractivity contribution in [2.75, 3.05) is 30.8 Å². The van der Waals surface area contributed by atoms with E-state index in [0.29, 0.717) is 6.54 Å². The number of anilines is 1. The van der Waals surface area contributed by atoms with Crippen molar-refractivity contribution in [2.45, 2.75) is 45.7 Å². The second kappa shape index (κ2) is 15.1. The van der Waals surface area contributed by atoms with E-state index in [4.69, 9.17) is 4.74 Å². The Kier molecular flexibility index (Phi) is 11.6. The Hall–Kier alpha value is -4.45. The summed E-state index contributed by atoms with van der Waals surface area (Å²) in [4.78, 5) is 40.2. The number of sulfonamides is 1. The number of hydrogen-bond donors (Lipinski definition) is 1.